The molecular formula is C15H20ClNO4S. The van der Waals surface area contributed by atoms with Crippen molar-refractivity contribution < 1.29 is 17.9 Å². The maximum absolute atomic E-state index is 12.6. The van der Waals surface area contributed by atoms with E-state index in [0.29, 0.717) is 29.3 Å². The highest BCUT2D eigenvalue weighted by molar-refractivity contribution is 7.91. The molecule has 0 saturated carbocycles. The summed E-state index contributed by atoms with van der Waals surface area (Å²) in [5.41, 5.74) is 0.708. The van der Waals surface area contributed by atoms with E-state index in [0.717, 1.165) is 0 Å². The summed E-state index contributed by atoms with van der Waals surface area (Å²) in [5.74, 6) is 0.708. The molecule has 0 aliphatic carbocycles. The number of carbonyl (C=O) groups excluding carboxylic acids is 1. The van der Waals surface area contributed by atoms with Gasteiger partial charge in [-0.05, 0) is 31.5 Å². The van der Waals surface area contributed by atoms with E-state index >= 15 is 0 Å². The van der Waals surface area contributed by atoms with E-state index in [9.17, 15) is 13.2 Å². The zero-order valence-corrected chi connectivity index (χ0v) is 14.3. The molecule has 1 fully saturated rings. The van der Waals surface area contributed by atoms with Gasteiger partial charge in [0.15, 0.2) is 9.84 Å². The van der Waals surface area contributed by atoms with Crippen molar-refractivity contribution in [2.24, 2.45) is 0 Å². The third kappa shape index (κ3) is 3.93. The molecule has 22 heavy (non-hydrogen) atoms. The molecule has 122 valence electrons. The average Bonchev–Trinajstić information content (AvgIpc) is 2.80. The number of hydrogen-bond donors (Lipinski definition) is 0. The average molecular weight is 346 g/mol. The first-order valence-electron chi connectivity index (χ1n) is 7.18. The molecule has 1 heterocycles. The molecule has 1 aliphatic heterocycles. The Bertz CT molecular complexity index is 660. The van der Waals surface area contributed by atoms with Crippen LogP contribution in [0.5, 0.6) is 5.75 Å². The quantitative estimate of drug-likeness (QED) is 0.818. The third-order valence-corrected chi connectivity index (χ3v) is 5.88. The van der Waals surface area contributed by atoms with E-state index in [1.165, 1.54) is 0 Å². The van der Waals surface area contributed by atoms with Crippen molar-refractivity contribution in [1.29, 1.82) is 0 Å². The van der Waals surface area contributed by atoms with Crippen molar-refractivity contribution in [3.05, 3.63) is 28.8 Å². The molecule has 1 aromatic carbocycles. The van der Waals surface area contributed by atoms with Crippen molar-refractivity contribution in [2.45, 2.75) is 25.8 Å². The van der Waals surface area contributed by atoms with Gasteiger partial charge >= 0.3 is 0 Å². The Labute approximate surface area is 136 Å². The second kappa shape index (κ2) is 6.87. The molecule has 2 rings (SSSR count). The Morgan fingerprint density at radius 1 is 1.45 bits per heavy atom. The predicted molar refractivity (Wildman–Crippen MR) is 86.2 cm³/mol. The molecule has 1 unspecified atom stereocenters. The number of hydrogen-bond acceptors (Lipinski definition) is 4. The number of methoxy groups -OCH3 is 1. The van der Waals surface area contributed by atoms with E-state index in [4.69, 9.17) is 16.3 Å². The number of amides is 1. The SMILES string of the molecule is CCN(C(=O)Cc1cc(Cl)ccc1OC)C1CCS(=O)(=O)C1. The number of halogens is 1. The van der Waals surface area contributed by atoms with Gasteiger partial charge in [0.1, 0.15) is 5.75 Å². The molecule has 0 N–H and O–H groups in total. The van der Waals surface area contributed by atoms with Crippen molar-refractivity contribution in [1.82, 2.24) is 4.90 Å². The fourth-order valence-electron chi connectivity index (χ4n) is 2.81. The first-order chi connectivity index (χ1) is 10.4. The van der Waals surface area contributed by atoms with Gasteiger partial charge in [0.05, 0.1) is 25.0 Å². The highest BCUT2D eigenvalue weighted by Gasteiger charge is 2.33. The highest BCUT2D eigenvalue weighted by atomic mass is 35.5. The third-order valence-electron chi connectivity index (χ3n) is 3.89. The molecule has 0 aromatic heterocycles. The van der Waals surface area contributed by atoms with Gasteiger partial charge in [-0.1, -0.05) is 11.6 Å². The maximum atomic E-state index is 12.6. The minimum atomic E-state index is -3.02. The lowest BCUT2D eigenvalue weighted by Gasteiger charge is -2.27. The normalized spacial score (nSPS) is 19.9. The van der Waals surface area contributed by atoms with Crippen molar-refractivity contribution in [3.63, 3.8) is 0 Å². The monoisotopic (exact) mass is 345 g/mol. The second-order valence-electron chi connectivity index (χ2n) is 5.37. The van der Waals surface area contributed by atoms with Crippen LogP contribution in [0.1, 0.15) is 18.9 Å². The molecule has 1 amide bonds. The Morgan fingerprint density at radius 2 is 2.18 bits per heavy atom. The number of sulfone groups is 1. The Hall–Kier alpha value is -1.27. The van der Waals surface area contributed by atoms with Gasteiger partial charge in [0.2, 0.25) is 5.91 Å². The van der Waals surface area contributed by atoms with Crippen molar-refractivity contribution in [2.75, 3.05) is 25.2 Å². The van der Waals surface area contributed by atoms with Gasteiger partial charge in [0.25, 0.3) is 0 Å². The van der Waals surface area contributed by atoms with Crippen LogP contribution in [0.25, 0.3) is 0 Å². The smallest absolute Gasteiger partial charge is 0.227 e. The zero-order valence-electron chi connectivity index (χ0n) is 12.7. The van der Waals surface area contributed by atoms with Crippen LogP contribution < -0.4 is 4.74 Å². The molecular weight excluding hydrogens is 326 g/mol. The summed E-state index contributed by atoms with van der Waals surface area (Å²) in [6.45, 7) is 2.35. The van der Waals surface area contributed by atoms with E-state index in [2.05, 4.69) is 0 Å². The summed E-state index contributed by atoms with van der Waals surface area (Å²) in [7, 11) is -1.48. The molecule has 7 heteroatoms. The first kappa shape index (κ1) is 17.1. The van der Waals surface area contributed by atoms with E-state index in [-0.39, 0.29) is 29.9 Å². The number of carbonyl (C=O) groups is 1. The molecule has 0 radical (unpaired) electrons. The number of benzene rings is 1. The fourth-order valence-corrected chi connectivity index (χ4v) is 4.73. The van der Waals surface area contributed by atoms with E-state index in [1.54, 1.807) is 30.2 Å². The molecule has 1 atom stereocenters. The highest BCUT2D eigenvalue weighted by Crippen LogP contribution is 2.25. The second-order valence-corrected chi connectivity index (χ2v) is 8.03. The Kier molecular flexibility index (Phi) is 5.34. The molecule has 1 saturated heterocycles. The summed E-state index contributed by atoms with van der Waals surface area (Å²) < 4.78 is 28.5. The summed E-state index contributed by atoms with van der Waals surface area (Å²) >= 11 is 5.98. The topological polar surface area (TPSA) is 63.7 Å². The van der Waals surface area contributed by atoms with Crippen LogP contribution in [-0.2, 0) is 21.1 Å². The Morgan fingerprint density at radius 3 is 2.73 bits per heavy atom. The van der Waals surface area contributed by atoms with Crippen LogP contribution in [0.15, 0.2) is 18.2 Å². The summed E-state index contributed by atoms with van der Waals surface area (Å²) in [5, 5.41) is 0.537. The van der Waals surface area contributed by atoms with Crippen LogP contribution in [0.2, 0.25) is 5.02 Å². The minimum Gasteiger partial charge on any atom is -0.496 e. The van der Waals surface area contributed by atoms with E-state index in [1.807, 2.05) is 6.92 Å². The lowest BCUT2D eigenvalue weighted by molar-refractivity contribution is -0.132. The van der Waals surface area contributed by atoms with Gasteiger partial charge in [0, 0.05) is 23.2 Å². The standard InChI is InChI=1S/C15H20ClNO4S/c1-3-17(13-6-7-22(19,20)10-13)15(18)9-11-8-12(16)4-5-14(11)21-2/h4-5,8,13H,3,6-7,9-10H2,1-2H3. The number of ether oxygens (including phenoxy) is 1. The maximum Gasteiger partial charge on any atom is 0.227 e. The van der Waals surface area contributed by atoms with Crippen LogP contribution in [0, 0.1) is 0 Å². The van der Waals surface area contributed by atoms with Crippen LogP contribution in [-0.4, -0.2) is 50.4 Å². The molecule has 0 spiro atoms. The largest absolute Gasteiger partial charge is 0.496 e. The van der Waals surface area contributed by atoms with Crippen LogP contribution >= 0.6 is 11.6 Å². The van der Waals surface area contributed by atoms with Gasteiger partial charge in [-0.25, -0.2) is 8.42 Å². The molecule has 0 bridgehead atoms. The van der Waals surface area contributed by atoms with Crippen LogP contribution in [0.4, 0.5) is 0 Å². The number of likely N-dealkylation sites (N-methyl/N-ethyl adjacent to an activating group) is 1. The summed E-state index contributed by atoms with van der Waals surface area (Å²) in [4.78, 5) is 14.2. The van der Waals surface area contributed by atoms with E-state index < -0.39 is 9.84 Å². The van der Waals surface area contributed by atoms with Gasteiger partial charge in [-0.3, -0.25) is 4.79 Å². The lowest BCUT2D eigenvalue weighted by atomic mass is 10.1. The van der Waals surface area contributed by atoms with Gasteiger partial charge in [-0.15, -0.1) is 0 Å². The lowest BCUT2D eigenvalue weighted by Crippen LogP contribution is -2.41. The number of rotatable bonds is 5. The van der Waals surface area contributed by atoms with Crippen molar-refractivity contribution in [3.8, 4) is 5.75 Å². The fraction of sp³-hybridized carbons (Fsp3) is 0.533. The first-order valence-corrected chi connectivity index (χ1v) is 9.38. The van der Waals surface area contributed by atoms with Crippen LogP contribution in [0.3, 0.4) is 0 Å². The van der Waals surface area contributed by atoms with Gasteiger partial charge in [-0.2, -0.15) is 0 Å². The molecule has 1 aliphatic rings. The molecule has 5 nitrogen and oxygen atoms in total. The zero-order chi connectivity index (χ0) is 16.3. The predicted octanol–water partition coefficient (Wildman–Crippen LogP) is 1.93. The summed E-state index contributed by atoms with van der Waals surface area (Å²) in [6, 6.07) is 4.90. The Balaban J connectivity index is 2.15. The van der Waals surface area contributed by atoms with Gasteiger partial charge < -0.3 is 9.64 Å². The minimum absolute atomic E-state index is 0.0548. The molecule has 1 aromatic rings. The van der Waals surface area contributed by atoms with Crippen molar-refractivity contribution >= 4 is 27.3 Å². The summed E-state index contributed by atoms with van der Waals surface area (Å²) in [6.07, 6.45) is 0.655. The number of nitrogens with zero attached hydrogens (tertiary/aromatic N) is 1.